The van der Waals surface area contributed by atoms with Crippen LogP contribution in [0.15, 0.2) is 53.1 Å². The molecular weight excluding hydrogens is 466 g/mol. The number of halogens is 3. The van der Waals surface area contributed by atoms with E-state index in [-0.39, 0.29) is 5.92 Å². The molecule has 36 heavy (non-hydrogen) atoms. The van der Waals surface area contributed by atoms with Crippen molar-refractivity contribution in [2.75, 3.05) is 0 Å². The van der Waals surface area contributed by atoms with E-state index in [4.69, 9.17) is 13.8 Å². The van der Waals surface area contributed by atoms with Gasteiger partial charge in [0, 0.05) is 11.1 Å². The van der Waals surface area contributed by atoms with E-state index in [1.165, 1.54) is 12.1 Å². The lowest BCUT2D eigenvalue weighted by Gasteiger charge is -2.32. The molecule has 1 aromatic heterocycles. The minimum atomic E-state index is -4.33. The quantitative estimate of drug-likeness (QED) is 0.336. The third kappa shape index (κ3) is 5.55. The molecule has 0 spiro atoms. The number of rotatable bonds is 7. The maximum atomic E-state index is 13.0. The van der Waals surface area contributed by atoms with E-state index in [1.54, 1.807) is 6.07 Å². The van der Waals surface area contributed by atoms with Crippen molar-refractivity contribution in [1.82, 2.24) is 5.16 Å². The molecule has 0 aliphatic carbocycles. The zero-order valence-corrected chi connectivity index (χ0v) is 21.7. The summed E-state index contributed by atoms with van der Waals surface area (Å²) in [5, 5.41) is 4.19. The first-order valence-electron chi connectivity index (χ1n) is 12.3. The van der Waals surface area contributed by atoms with E-state index in [9.17, 15) is 13.2 Å². The molecule has 0 saturated carbocycles. The van der Waals surface area contributed by atoms with Gasteiger partial charge in [-0.25, -0.2) is 0 Å². The standard InChI is InChI=1S/C28H33BF3NO3/c1-18(10-11-20-8-7-9-22(17-20)28(30,31)32)16-24-19(2)33-34-25(24)21-12-14-23(15-13-21)29-35-26(3,4)27(5,6)36-29/h7-9,12-15,17-18H,10-11,16H2,1-6H3. The van der Waals surface area contributed by atoms with E-state index in [0.29, 0.717) is 12.0 Å². The molecule has 0 N–H and O–H groups in total. The lowest BCUT2D eigenvalue weighted by atomic mass is 9.78. The summed E-state index contributed by atoms with van der Waals surface area (Å²) >= 11 is 0. The average molecular weight is 499 g/mol. The summed E-state index contributed by atoms with van der Waals surface area (Å²) in [6.45, 7) is 12.1. The number of alkyl halides is 3. The fraction of sp³-hybridized carbons (Fsp3) is 0.464. The van der Waals surface area contributed by atoms with Gasteiger partial charge in [0.25, 0.3) is 0 Å². The number of hydrogen-bond acceptors (Lipinski definition) is 4. The highest BCUT2D eigenvalue weighted by molar-refractivity contribution is 6.62. The molecule has 1 unspecified atom stereocenters. The van der Waals surface area contributed by atoms with Crippen LogP contribution in [-0.4, -0.2) is 23.5 Å². The molecule has 2 aromatic carbocycles. The van der Waals surface area contributed by atoms with Crippen molar-refractivity contribution in [3.05, 3.63) is 70.9 Å². The largest absolute Gasteiger partial charge is 0.494 e. The Bertz CT molecular complexity index is 1190. The second-order valence-electron chi connectivity index (χ2n) is 10.8. The third-order valence-electron chi connectivity index (χ3n) is 7.42. The molecule has 0 bridgehead atoms. The Kier molecular flexibility index (Phi) is 7.14. The smallest absolute Gasteiger partial charge is 0.399 e. The summed E-state index contributed by atoms with van der Waals surface area (Å²) in [5.74, 6) is 0.958. The van der Waals surface area contributed by atoms with E-state index in [0.717, 1.165) is 47.0 Å². The molecule has 1 atom stereocenters. The zero-order valence-electron chi connectivity index (χ0n) is 21.7. The SMILES string of the molecule is Cc1noc(-c2ccc(B3OC(C)(C)C(C)(C)O3)cc2)c1CC(C)CCc1cccc(C(F)(F)F)c1. The topological polar surface area (TPSA) is 44.5 Å². The van der Waals surface area contributed by atoms with Gasteiger partial charge in [-0.1, -0.05) is 54.5 Å². The number of nitrogens with zero attached hydrogens (tertiary/aromatic N) is 1. The Morgan fingerprint density at radius 3 is 2.22 bits per heavy atom. The van der Waals surface area contributed by atoms with Gasteiger partial charge in [0.05, 0.1) is 22.5 Å². The Morgan fingerprint density at radius 1 is 0.972 bits per heavy atom. The van der Waals surface area contributed by atoms with E-state index < -0.39 is 30.1 Å². The Morgan fingerprint density at radius 2 is 1.61 bits per heavy atom. The average Bonchev–Trinajstić information content (AvgIpc) is 3.27. The minimum absolute atomic E-state index is 0.236. The van der Waals surface area contributed by atoms with Crippen LogP contribution in [0.25, 0.3) is 11.3 Å². The summed E-state index contributed by atoms with van der Waals surface area (Å²) in [4.78, 5) is 0. The summed E-state index contributed by atoms with van der Waals surface area (Å²) in [6, 6.07) is 13.5. The van der Waals surface area contributed by atoms with Crippen LogP contribution in [0, 0.1) is 12.8 Å². The van der Waals surface area contributed by atoms with Crippen molar-refractivity contribution in [3.63, 3.8) is 0 Å². The molecule has 0 amide bonds. The summed E-state index contributed by atoms with van der Waals surface area (Å²) in [7, 11) is -0.434. The van der Waals surface area contributed by atoms with Crippen molar-refractivity contribution in [3.8, 4) is 11.3 Å². The van der Waals surface area contributed by atoms with Gasteiger partial charge in [-0.15, -0.1) is 0 Å². The maximum absolute atomic E-state index is 13.0. The van der Waals surface area contributed by atoms with Crippen LogP contribution in [0.4, 0.5) is 13.2 Å². The molecule has 4 nitrogen and oxygen atoms in total. The second-order valence-corrected chi connectivity index (χ2v) is 10.8. The van der Waals surface area contributed by atoms with Crippen molar-refractivity contribution >= 4 is 12.6 Å². The molecule has 4 rings (SSSR count). The highest BCUT2D eigenvalue weighted by Crippen LogP contribution is 2.37. The van der Waals surface area contributed by atoms with Crippen LogP contribution in [0.3, 0.4) is 0 Å². The normalized spacial score (nSPS) is 18.0. The fourth-order valence-electron chi connectivity index (χ4n) is 4.39. The summed E-state index contributed by atoms with van der Waals surface area (Å²) in [5.41, 5.74) is 2.97. The van der Waals surface area contributed by atoms with Crippen molar-refractivity contribution in [1.29, 1.82) is 0 Å². The fourth-order valence-corrected chi connectivity index (χ4v) is 4.39. The molecule has 192 valence electrons. The van der Waals surface area contributed by atoms with Crippen LogP contribution >= 0.6 is 0 Å². The van der Waals surface area contributed by atoms with Crippen LogP contribution in [0.5, 0.6) is 0 Å². The van der Waals surface area contributed by atoms with Crippen molar-refractivity contribution < 1.29 is 27.0 Å². The van der Waals surface area contributed by atoms with E-state index in [2.05, 4.69) is 12.1 Å². The van der Waals surface area contributed by atoms with Gasteiger partial charge < -0.3 is 13.8 Å². The molecule has 1 fully saturated rings. The molecule has 1 aliphatic rings. The van der Waals surface area contributed by atoms with Gasteiger partial charge in [0.2, 0.25) is 0 Å². The first-order valence-corrected chi connectivity index (χ1v) is 12.3. The molecule has 8 heteroatoms. The lowest BCUT2D eigenvalue weighted by Crippen LogP contribution is -2.41. The van der Waals surface area contributed by atoms with Gasteiger partial charge in [-0.3, -0.25) is 0 Å². The van der Waals surface area contributed by atoms with Gasteiger partial charge in [-0.05, 0) is 76.9 Å². The molecule has 0 radical (unpaired) electrons. The van der Waals surface area contributed by atoms with E-state index in [1.807, 2.05) is 58.9 Å². The maximum Gasteiger partial charge on any atom is 0.494 e. The van der Waals surface area contributed by atoms with Crippen molar-refractivity contribution in [2.45, 2.75) is 78.2 Å². The zero-order chi connectivity index (χ0) is 26.3. The monoisotopic (exact) mass is 499 g/mol. The van der Waals surface area contributed by atoms with Crippen LogP contribution < -0.4 is 5.46 Å². The number of hydrogen-bond donors (Lipinski definition) is 0. The number of aromatic nitrogens is 1. The van der Waals surface area contributed by atoms with E-state index >= 15 is 0 Å². The van der Waals surface area contributed by atoms with Gasteiger partial charge >= 0.3 is 13.3 Å². The predicted molar refractivity (Wildman–Crippen MR) is 135 cm³/mol. The highest BCUT2D eigenvalue weighted by atomic mass is 19.4. The first-order chi connectivity index (χ1) is 16.8. The van der Waals surface area contributed by atoms with Gasteiger partial charge in [-0.2, -0.15) is 13.2 Å². The lowest BCUT2D eigenvalue weighted by molar-refractivity contribution is -0.137. The number of aryl methyl sites for hydroxylation is 2. The van der Waals surface area contributed by atoms with Crippen molar-refractivity contribution in [2.24, 2.45) is 5.92 Å². The predicted octanol–water partition coefficient (Wildman–Crippen LogP) is 6.78. The summed E-state index contributed by atoms with van der Waals surface area (Å²) < 4.78 is 57.0. The molecule has 3 aromatic rings. The molecule has 2 heterocycles. The Labute approximate surface area is 211 Å². The molecular formula is C28H33BF3NO3. The molecule has 1 aliphatic heterocycles. The van der Waals surface area contributed by atoms with Crippen LogP contribution in [0.2, 0.25) is 0 Å². The highest BCUT2D eigenvalue weighted by Gasteiger charge is 2.51. The minimum Gasteiger partial charge on any atom is -0.399 e. The number of benzene rings is 2. The second kappa shape index (κ2) is 9.71. The Balaban J connectivity index is 1.43. The van der Waals surface area contributed by atoms with Gasteiger partial charge in [0.1, 0.15) is 0 Å². The Hall–Kier alpha value is -2.58. The van der Waals surface area contributed by atoms with Crippen LogP contribution in [-0.2, 0) is 28.3 Å². The molecule has 1 saturated heterocycles. The summed E-state index contributed by atoms with van der Waals surface area (Å²) in [6.07, 6.45) is -2.27. The third-order valence-corrected chi connectivity index (χ3v) is 7.42. The van der Waals surface area contributed by atoms with Gasteiger partial charge in [0.15, 0.2) is 5.76 Å². The van der Waals surface area contributed by atoms with Crippen LogP contribution in [0.1, 0.15) is 63.4 Å². The first kappa shape index (κ1) is 26.5.